The topological polar surface area (TPSA) is 81.1 Å². The van der Waals surface area contributed by atoms with E-state index < -0.39 is 5.97 Å². The summed E-state index contributed by atoms with van der Waals surface area (Å²) in [5, 5.41) is 13.6. The number of carboxylic acids is 1. The van der Waals surface area contributed by atoms with Gasteiger partial charge in [0.1, 0.15) is 6.54 Å². The molecular formula is C14H21N3O2. The molecule has 0 aromatic carbocycles. The average Bonchev–Trinajstić information content (AvgIpc) is 3.14. The van der Waals surface area contributed by atoms with Crippen molar-refractivity contribution in [2.75, 3.05) is 6.54 Å². The number of rotatable bonds is 5. The second kappa shape index (κ2) is 4.96. The number of carboxylic acid groups (broad SMARTS) is 1. The van der Waals surface area contributed by atoms with E-state index in [4.69, 9.17) is 10.8 Å². The maximum atomic E-state index is 11.0. The Kier molecular flexibility index (Phi) is 3.31. The lowest BCUT2D eigenvalue weighted by Gasteiger charge is -2.23. The van der Waals surface area contributed by atoms with E-state index in [2.05, 4.69) is 5.10 Å². The molecule has 2 aliphatic carbocycles. The van der Waals surface area contributed by atoms with E-state index in [1.807, 2.05) is 0 Å². The Morgan fingerprint density at radius 1 is 1.42 bits per heavy atom. The Labute approximate surface area is 112 Å². The Hall–Kier alpha value is -1.36. The van der Waals surface area contributed by atoms with Crippen LogP contribution in [-0.4, -0.2) is 27.4 Å². The second-order valence-electron chi connectivity index (χ2n) is 5.74. The molecule has 0 bridgehead atoms. The molecule has 0 amide bonds. The molecule has 1 heterocycles. The first-order valence-electron chi connectivity index (χ1n) is 7.22. The van der Waals surface area contributed by atoms with Crippen LogP contribution in [0, 0.1) is 0 Å². The van der Waals surface area contributed by atoms with Crippen LogP contribution in [0.3, 0.4) is 0 Å². The lowest BCUT2D eigenvalue weighted by atomic mass is 9.82. The average molecular weight is 263 g/mol. The van der Waals surface area contributed by atoms with Gasteiger partial charge in [0.05, 0.1) is 5.69 Å². The van der Waals surface area contributed by atoms with Crippen LogP contribution < -0.4 is 5.73 Å². The third-order valence-electron chi connectivity index (χ3n) is 4.27. The Morgan fingerprint density at radius 2 is 2.21 bits per heavy atom. The number of nitrogens with two attached hydrogens (primary N) is 1. The highest BCUT2D eigenvalue weighted by atomic mass is 16.4. The lowest BCUT2D eigenvalue weighted by molar-refractivity contribution is -0.137. The minimum Gasteiger partial charge on any atom is -0.480 e. The molecule has 1 aromatic rings. The number of aliphatic carboxylic acids is 1. The van der Waals surface area contributed by atoms with Crippen molar-refractivity contribution in [1.29, 1.82) is 0 Å². The van der Waals surface area contributed by atoms with Crippen LogP contribution in [0.1, 0.15) is 60.9 Å². The summed E-state index contributed by atoms with van der Waals surface area (Å²) in [6, 6.07) is 0. The zero-order valence-electron chi connectivity index (χ0n) is 11.1. The fraction of sp³-hybridized carbons (Fsp3) is 0.714. The van der Waals surface area contributed by atoms with Gasteiger partial charge >= 0.3 is 5.97 Å². The Balaban J connectivity index is 2.00. The van der Waals surface area contributed by atoms with Gasteiger partial charge in [0, 0.05) is 11.6 Å². The molecule has 0 spiro atoms. The normalized spacial score (nSPS) is 22.3. The molecular weight excluding hydrogens is 242 g/mol. The Morgan fingerprint density at radius 3 is 2.84 bits per heavy atom. The van der Waals surface area contributed by atoms with Gasteiger partial charge in [-0.05, 0) is 56.6 Å². The summed E-state index contributed by atoms with van der Waals surface area (Å²) in [5.74, 6) is 0.252. The number of carbonyl (C=O) groups is 1. The maximum absolute atomic E-state index is 11.0. The predicted molar refractivity (Wildman–Crippen MR) is 71.2 cm³/mol. The molecule has 1 saturated carbocycles. The van der Waals surface area contributed by atoms with Gasteiger partial charge in [-0.3, -0.25) is 9.48 Å². The molecule has 5 nitrogen and oxygen atoms in total. The standard InChI is InChI=1S/C14H21N3O2/c15-7-6-9-2-1-3-11-13(9)14(10-4-5-10)16-17(11)8-12(18)19/h9-10H,1-8,15H2,(H,18,19). The monoisotopic (exact) mass is 263 g/mol. The first kappa shape index (κ1) is 12.7. The molecule has 0 radical (unpaired) electrons. The summed E-state index contributed by atoms with van der Waals surface area (Å²) < 4.78 is 1.73. The molecule has 5 heteroatoms. The van der Waals surface area contributed by atoms with Crippen molar-refractivity contribution in [2.24, 2.45) is 5.73 Å². The highest BCUT2D eigenvalue weighted by Gasteiger charge is 2.35. The van der Waals surface area contributed by atoms with Gasteiger partial charge in [-0.25, -0.2) is 0 Å². The summed E-state index contributed by atoms with van der Waals surface area (Å²) in [6.45, 7) is 0.683. The summed E-state index contributed by atoms with van der Waals surface area (Å²) in [4.78, 5) is 11.0. The van der Waals surface area contributed by atoms with Crippen molar-refractivity contribution >= 4 is 5.97 Å². The maximum Gasteiger partial charge on any atom is 0.325 e. The molecule has 1 fully saturated rings. The quantitative estimate of drug-likeness (QED) is 0.845. The minimum absolute atomic E-state index is 0.00953. The predicted octanol–water partition coefficient (Wildman–Crippen LogP) is 1.61. The van der Waals surface area contributed by atoms with E-state index in [9.17, 15) is 4.79 Å². The molecule has 0 aliphatic heterocycles. The first-order valence-corrected chi connectivity index (χ1v) is 7.22. The zero-order chi connectivity index (χ0) is 13.4. The first-order chi connectivity index (χ1) is 9.20. The van der Waals surface area contributed by atoms with E-state index in [1.165, 1.54) is 30.5 Å². The smallest absolute Gasteiger partial charge is 0.325 e. The van der Waals surface area contributed by atoms with E-state index in [-0.39, 0.29) is 6.54 Å². The highest BCUT2D eigenvalue weighted by molar-refractivity contribution is 5.66. The van der Waals surface area contributed by atoms with E-state index in [0.717, 1.165) is 25.0 Å². The van der Waals surface area contributed by atoms with Crippen molar-refractivity contribution in [3.05, 3.63) is 17.0 Å². The number of fused-ring (bicyclic) bond motifs is 1. The van der Waals surface area contributed by atoms with Crippen molar-refractivity contribution in [2.45, 2.75) is 56.9 Å². The molecule has 19 heavy (non-hydrogen) atoms. The lowest BCUT2D eigenvalue weighted by Crippen LogP contribution is -2.18. The van der Waals surface area contributed by atoms with Crippen LogP contribution in [-0.2, 0) is 17.8 Å². The van der Waals surface area contributed by atoms with Gasteiger partial charge in [-0.1, -0.05) is 0 Å². The highest BCUT2D eigenvalue weighted by Crippen LogP contribution is 2.46. The van der Waals surface area contributed by atoms with E-state index in [0.29, 0.717) is 18.4 Å². The van der Waals surface area contributed by atoms with Gasteiger partial charge in [0.15, 0.2) is 0 Å². The van der Waals surface area contributed by atoms with Gasteiger partial charge in [-0.15, -0.1) is 0 Å². The number of hydrogen-bond acceptors (Lipinski definition) is 3. The van der Waals surface area contributed by atoms with Gasteiger partial charge in [0.25, 0.3) is 0 Å². The molecule has 104 valence electrons. The van der Waals surface area contributed by atoms with Gasteiger partial charge < -0.3 is 10.8 Å². The SMILES string of the molecule is NCCC1CCCc2c1c(C1CC1)nn2CC(=O)O. The summed E-state index contributed by atoms with van der Waals surface area (Å²) >= 11 is 0. The van der Waals surface area contributed by atoms with Gasteiger partial charge in [0.2, 0.25) is 0 Å². The molecule has 2 aliphatic rings. The van der Waals surface area contributed by atoms with Crippen LogP contribution in [0.25, 0.3) is 0 Å². The molecule has 1 atom stereocenters. The van der Waals surface area contributed by atoms with Crippen LogP contribution >= 0.6 is 0 Å². The zero-order valence-corrected chi connectivity index (χ0v) is 11.1. The summed E-state index contributed by atoms with van der Waals surface area (Å²) in [5.41, 5.74) is 9.41. The van der Waals surface area contributed by atoms with Crippen molar-refractivity contribution in [3.8, 4) is 0 Å². The third kappa shape index (κ3) is 2.39. The number of hydrogen-bond donors (Lipinski definition) is 2. The van der Waals surface area contributed by atoms with Gasteiger partial charge in [-0.2, -0.15) is 5.10 Å². The molecule has 3 N–H and O–H groups in total. The Bertz CT molecular complexity index is 491. The van der Waals surface area contributed by atoms with Crippen molar-refractivity contribution in [3.63, 3.8) is 0 Å². The van der Waals surface area contributed by atoms with Crippen LogP contribution in [0.4, 0.5) is 0 Å². The second-order valence-corrected chi connectivity index (χ2v) is 5.74. The molecule has 3 rings (SSSR count). The number of nitrogens with zero attached hydrogens (tertiary/aromatic N) is 2. The van der Waals surface area contributed by atoms with E-state index >= 15 is 0 Å². The fourth-order valence-corrected chi connectivity index (χ4v) is 3.31. The van der Waals surface area contributed by atoms with Crippen molar-refractivity contribution in [1.82, 2.24) is 9.78 Å². The minimum atomic E-state index is -0.811. The van der Waals surface area contributed by atoms with E-state index in [1.54, 1.807) is 4.68 Å². The summed E-state index contributed by atoms with van der Waals surface area (Å²) in [6.07, 6.45) is 6.64. The fourth-order valence-electron chi connectivity index (χ4n) is 3.31. The molecule has 1 unspecified atom stereocenters. The van der Waals surface area contributed by atoms with Crippen LogP contribution in [0.5, 0.6) is 0 Å². The molecule has 0 saturated heterocycles. The van der Waals surface area contributed by atoms with Crippen LogP contribution in [0.15, 0.2) is 0 Å². The van der Waals surface area contributed by atoms with Crippen LogP contribution in [0.2, 0.25) is 0 Å². The summed E-state index contributed by atoms with van der Waals surface area (Å²) in [7, 11) is 0. The third-order valence-corrected chi connectivity index (χ3v) is 4.27. The largest absolute Gasteiger partial charge is 0.480 e. The number of aromatic nitrogens is 2. The molecule has 1 aromatic heterocycles. The van der Waals surface area contributed by atoms with Crippen molar-refractivity contribution < 1.29 is 9.90 Å².